The van der Waals surface area contributed by atoms with Gasteiger partial charge in [0.2, 0.25) is 15.9 Å². The maximum atomic E-state index is 12.1. The number of sulfonamides is 1. The van der Waals surface area contributed by atoms with Crippen molar-refractivity contribution in [2.45, 2.75) is 25.7 Å². The Kier molecular flexibility index (Phi) is 4.90. The molecule has 0 spiro atoms. The average molecular weight is 285 g/mol. The van der Waals surface area contributed by atoms with Crippen LogP contribution in [-0.4, -0.2) is 27.4 Å². The summed E-state index contributed by atoms with van der Waals surface area (Å²) in [6.45, 7) is 5.33. The number of carbonyl (C=O) groups excluding carboxylic acids is 1. The first-order valence-electron chi connectivity index (χ1n) is 5.91. The van der Waals surface area contributed by atoms with Crippen LogP contribution >= 0.6 is 0 Å². The van der Waals surface area contributed by atoms with Crippen LogP contribution in [0.15, 0.2) is 17.0 Å². The van der Waals surface area contributed by atoms with E-state index in [1.54, 1.807) is 26.8 Å². The Morgan fingerprint density at radius 2 is 1.95 bits per heavy atom. The molecule has 1 amide bonds. The molecule has 0 aliphatic carbocycles. The van der Waals surface area contributed by atoms with Crippen LogP contribution in [0, 0.1) is 13.8 Å². The largest absolute Gasteiger partial charge is 0.398 e. The molecule has 0 saturated heterocycles. The highest BCUT2D eigenvalue weighted by Gasteiger charge is 2.19. The molecule has 1 rings (SSSR count). The SMILES string of the molecule is CCNC(=O)CNS(=O)(=O)c1cc(C)cc(N)c1C. The minimum atomic E-state index is -3.74. The van der Waals surface area contributed by atoms with E-state index in [0.717, 1.165) is 5.56 Å². The van der Waals surface area contributed by atoms with E-state index < -0.39 is 10.0 Å². The van der Waals surface area contributed by atoms with Gasteiger partial charge in [0.15, 0.2) is 0 Å². The van der Waals surface area contributed by atoms with Crippen LogP contribution in [0.3, 0.4) is 0 Å². The summed E-state index contributed by atoms with van der Waals surface area (Å²) in [4.78, 5) is 11.4. The molecule has 7 heteroatoms. The third kappa shape index (κ3) is 3.93. The van der Waals surface area contributed by atoms with Crippen molar-refractivity contribution in [1.29, 1.82) is 0 Å². The lowest BCUT2D eigenvalue weighted by Crippen LogP contribution is -2.37. The van der Waals surface area contributed by atoms with Gasteiger partial charge in [0.1, 0.15) is 0 Å². The van der Waals surface area contributed by atoms with Gasteiger partial charge in [-0.3, -0.25) is 4.79 Å². The molecular weight excluding hydrogens is 266 g/mol. The maximum absolute atomic E-state index is 12.1. The van der Waals surface area contributed by atoms with Gasteiger partial charge in [-0.05, 0) is 44.0 Å². The Morgan fingerprint density at radius 1 is 1.32 bits per heavy atom. The van der Waals surface area contributed by atoms with Crippen LogP contribution in [0.5, 0.6) is 0 Å². The third-order valence-corrected chi connectivity index (χ3v) is 4.16. The van der Waals surface area contributed by atoms with Crippen LogP contribution < -0.4 is 15.8 Å². The number of carbonyl (C=O) groups is 1. The predicted octanol–water partition coefficient (Wildman–Crippen LogP) is 0.300. The number of nitrogens with two attached hydrogens (primary N) is 1. The van der Waals surface area contributed by atoms with Crippen molar-refractivity contribution in [2.24, 2.45) is 0 Å². The number of likely N-dealkylation sites (N-methyl/N-ethyl adjacent to an activating group) is 1. The van der Waals surface area contributed by atoms with E-state index >= 15 is 0 Å². The maximum Gasteiger partial charge on any atom is 0.241 e. The quantitative estimate of drug-likeness (QED) is 0.677. The molecule has 6 nitrogen and oxygen atoms in total. The molecule has 0 aliphatic rings. The molecule has 0 aromatic heterocycles. The van der Waals surface area contributed by atoms with E-state index in [2.05, 4.69) is 10.0 Å². The van der Waals surface area contributed by atoms with Gasteiger partial charge in [-0.2, -0.15) is 0 Å². The van der Waals surface area contributed by atoms with Crippen molar-refractivity contribution in [2.75, 3.05) is 18.8 Å². The second kappa shape index (κ2) is 6.03. The number of aryl methyl sites for hydroxylation is 1. The van der Waals surface area contributed by atoms with Gasteiger partial charge in [0, 0.05) is 12.2 Å². The predicted molar refractivity (Wildman–Crippen MR) is 74.2 cm³/mol. The van der Waals surface area contributed by atoms with Gasteiger partial charge < -0.3 is 11.1 Å². The smallest absolute Gasteiger partial charge is 0.241 e. The number of benzene rings is 1. The van der Waals surface area contributed by atoms with Crippen molar-refractivity contribution >= 4 is 21.6 Å². The fourth-order valence-corrected chi connectivity index (χ4v) is 2.97. The molecule has 19 heavy (non-hydrogen) atoms. The summed E-state index contributed by atoms with van der Waals surface area (Å²) < 4.78 is 26.5. The molecule has 0 saturated carbocycles. The second-order valence-electron chi connectivity index (χ2n) is 4.26. The standard InChI is InChI=1S/C12H19N3O3S/c1-4-14-12(16)7-15-19(17,18)11-6-8(2)5-10(13)9(11)3/h5-6,15H,4,7,13H2,1-3H3,(H,14,16). The molecule has 0 heterocycles. The fourth-order valence-electron chi connectivity index (χ4n) is 1.63. The van der Waals surface area contributed by atoms with E-state index in [1.165, 1.54) is 6.07 Å². The number of amides is 1. The highest BCUT2D eigenvalue weighted by molar-refractivity contribution is 7.89. The summed E-state index contributed by atoms with van der Waals surface area (Å²) in [6, 6.07) is 3.24. The zero-order valence-corrected chi connectivity index (χ0v) is 12.1. The summed E-state index contributed by atoms with van der Waals surface area (Å²) >= 11 is 0. The minimum Gasteiger partial charge on any atom is -0.398 e. The first-order valence-corrected chi connectivity index (χ1v) is 7.39. The summed E-state index contributed by atoms with van der Waals surface area (Å²) in [5.74, 6) is -0.371. The number of hydrogen-bond acceptors (Lipinski definition) is 4. The average Bonchev–Trinajstić information content (AvgIpc) is 2.31. The van der Waals surface area contributed by atoms with Crippen LogP contribution in [0.1, 0.15) is 18.1 Å². The van der Waals surface area contributed by atoms with E-state index in [0.29, 0.717) is 17.8 Å². The van der Waals surface area contributed by atoms with E-state index in [4.69, 9.17) is 5.73 Å². The van der Waals surface area contributed by atoms with Gasteiger partial charge in [-0.25, -0.2) is 13.1 Å². The number of hydrogen-bond donors (Lipinski definition) is 3. The zero-order chi connectivity index (χ0) is 14.6. The number of nitrogens with one attached hydrogen (secondary N) is 2. The van der Waals surface area contributed by atoms with Crippen LogP contribution in [0.2, 0.25) is 0 Å². The molecule has 0 aliphatic heterocycles. The number of anilines is 1. The zero-order valence-electron chi connectivity index (χ0n) is 11.3. The highest BCUT2D eigenvalue weighted by atomic mass is 32.2. The van der Waals surface area contributed by atoms with Gasteiger partial charge >= 0.3 is 0 Å². The molecule has 4 N–H and O–H groups in total. The topological polar surface area (TPSA) is 101 Å². The van der Waals surface area contributed by atoms with E-state index in [9.17, 15) is 13.2 Å². The molecule has 0 fully saturated rings. The second-order valence-corrected chi connectivity index (χ2v) is 5.99. The van der Waals surface area contributed by atoms with Crippen molar-refractivity contribution in [3.8, 4) is 0 Å². The van der Waals surface area contributed by atoms with Gasteiger partial charge in [-0.15, -0.1) is 0 Å². The summed E-state index contributed by atoms with van der Waals surface area (Å²) in [6.07, 6.45) is 0. The molecule has 0 atom stereocenters. The summed E-state index contributed by atoms with van der Waals surface area (Å²) in [7, 11) is -3.74. The van der Waals surface area contributed by atoms with Gasteiger partial charge in [0.25, 0.3) is 0 Å². The van der Waals surface area contributed by atoms with Gasteiger partial charge in [0.05, 0.1) is 11.4 Å². The molecule has 106 valence electrons. The van der Waals surface area contributed by atoms with E-state index in [-0.39, 0.29) is 17.3 Å². The van der Waals surface area contributed by atoms with Crippen molar-refractivity contribution in [3.05, 3.63) is 23.3 Å². The lowest BCUT2D eigenvalue weighted by Gasteiger charge is -2.12. The molecule has 0 radical (unpaired) electrons. The van der Waals surface area contributed by atoms with Crippen molar-refractivity contribution in [1.82, 2.24) is 10.0 Å². The first-order chi connectivity index (χ1) is 8.77. The monoisotopic (exact) mass is 285 g/mol. The molecule has 0 bridgehead atoms. The number of nitrogen functional groups attached to an aromatic ring is 1. The van der Waals surface area contributed by atoms with Crippen LogP contribution in [0.4, 0.5) is 5.69 Å². The van der Waals surface area contributed by atoms with Gasteiger partial charge in [-0.1, -0.05) is 0 Å². The lowest BCUT2D eigenvalue weighted by molar-refractivity contribution is -0.119. The fraction of sp³-hybridized carbons (Fsp3) is 0.417. The minimum absolute atomic E-state index is 0.106. The van der Waals surface area contributed by atoms with Crippen molar-refractivity contribution in [3.63, 3.8) is 0 Å². The molecule has 1 aromatic rings. The summed E-state index contributed by atoms with van der Waals surface area (Å²) in [5.41, 5.74) is 7.40. The molecular formula is C12H19N3O3S. The van der Waals surface area contributed by atoms with Crippen molar-refractivity contribution < 1.29 is 13.2 Å². The van der Waals surface area contributed by atoms with E-state index in [1.807, 2.05) is 0 Å². The Labute approximate surface area is 113 Å². The molecule has 1 aromatic carbocycles. The summed E-state index contributed by atoms with van der Waals surface area (Å²) in [5, 5.41) is 2.52. The van der Waals surface area contributed by atoms with Crippen LogP contribution in [0.25, 0.3) is 0 Å². The van der Waals surface area contributed by atoms with Crippen LogP contribution in [-0.2, 0) is 14.8 Å². The number of rotatable bonds is 5. The molecule has 0 unspecified atom stereocenters. The first kappa shape index (κ1) is 15.5. The Hall–Kier alpha value is -1.60. The third-order valence-electron chi connectivity index (χ3n) is 2.63. The Balaban J connectivity index is 2.98. The lowest BCUT2D eigenvalue weighted by atomic mass is 10.1. The highest BCUT2D eigenvalue weighted by Crippen LogP contribution is 2.22. The normalized spacial score (nSPS) is 11.3. The Morgan fingerprint density at radius 3 is 2.53 bits per heavy atom. The Bertz CT molecular complexity index is 582.